The second-order valence-corrected chi connectivity index (χ2v) is 3.69. The molecule has 1 atom stereocenters. The molecule has 1 aliphatic heterocycles. The Morgan fingerprint density at radius 1 is 1.43 bits per heavy atom. The Labute approximate surface area is 82.3 Å². The van der Waals surface area contributed by atoms with Gasteiger partial charge in [-0.1, -0.05) is 0 Å². The first-order valence-corrected chi connectivity index (χ1v) is 4.46. The lowest BCUT2D eigenvalue weighted by Crippen LogP contribution is -2.20. The second kappa shape index (κ2) is 3.18. The van der Waals surface area contributed by atoms with Gasteiger partial charge in [-0.05, 0) is 13.8 Å². The van der Waals surface area contributed by atoms with Crippen molar-refractivity contribution in [2.24, 2.45) is 0 Å². The highest BCUT2D eigenvalue weighted by Gasteiger charge is 2.34. The van der Waals surface area contributed by atoms with Crippen LogP contribution < -0.4 is 5.73 Å². The van der Waals surface area contributed by atoms with E-state index in [9.17, 15) is 0 Å². The molecule has 0 unspecified atom stereocenters. The third-order valence-corrected chi connectivity index (χ3v) is 1.99. The van der Waals surface area contributed by atoms with Crippen molar-refractivity contribution in [3.8, 4) is 0 Å². The molecule has 2 heterocycles. The van der Waals surface area contributed by atoms with Crippen molar-refractivity contribution in [2.45, 2.75) is 25.7 Å². The topological polar surface area (TPSA) is 70.3 Å². The molecule has 1 aromatic heterocycles. The summed E-state index contributed by atoms with van der Waals surface area (Å²) in [5.74, 6) is 0.0693. The summed E-state index contributed by atoms with van der Waals surface area (Å²) in [5.41, 5.74) is 6.03. The van der Waals surface area contributed by atoms with Gasteiger partial charge in [-0.3, -0.25) is 0 Å². The third-order valence-electron chi connectivity index (χ3n) is 1.99. The van der Waals surface area contributed by atoms with Crippen molar-refractivity contribution in [3.05, 3.63) is 18.2 Å². The Balaban J connectivity index is 2.14. The van der Waals surface area contributed by atoms with Gasteiger partial charge in [-0.25, -0.2) is 9.97 Å². The number of nitrogen functional groups attached to an aromatic ring is 1. The molecular weight excluding hydrogens is 182 g/mol. The standard InChI is InChI=1S/C9H13N3O2/c1-9(2)13-5-7(14-9)8-11-3-6(10)4-12-8/h3-4,7H,5,10H2,1-2H3/t7-/m0/s1. The minimum atomic E-state index is -0.546. The molecule has 0 saturated carbocycles. The van der Waals surface area contributed by atoms with Crippen molar-refractivity contribution in [3.63, 3.8) is 0 Å². The maximum Gasteiger partial charge on any atom is 0.164 e. The molecule has 1 aliphatic rings. The van der Waals surface area contributed by atoms with Gasteiger partial charge in [0.05, 0.1) is 24.7 Å². The number of ether oxygens (including phenoxy) is 2. The Bertz CT molecular complexity index is 323. The number of nitrogens with zero attached hydrogens (tertiary/aromatic N) is 2. The number of hydrogen-bond acceptors (Lipinski definition) is 5. The van der Waals surface area contributed by atoms with Crippen LogP contribution in [0.1, 0.15) is 25.8 Å². The lowest BCUT2D eigenvalue weighted by atomic mass is 10.3. The van der Waals surface area contributed by atoms with Crippen molar-refractivity contribution in [1.82, 2.24) is 9.97 Å². The van der Waals surface area contributed by atoms with Gasteiger partial charge in [0.2, 0.25) is 0 Å². The van der Waals surface area contributed by atoms with Gasteiger partial charge in [-0.15, -0.1) is 0 Å². The second-order valence-electron chi connectivity index (χ2n) is 3.69. The average Bonchev–Trinajstić information content (AvgIpc) is 2.47. The van der Waals surface area contributed by atoms with E-state index >= 15 is 0 Å². The van der Waals surface area contributed by atoms with Gasteiger partial charge < -0.3 is 15.2 Å². The first kappa shape index (κ1) is 9.36. The Morgan fingerprint density at radius 2 is 2.07 bits per heavy atom. The number of rotatable bonds is 1. The summed E-state index contributed by atoms with van der Waals surface area (Å²) in [5, 5.41) is 0. The van der Waals surface area contributed by atoms with Crippen molar-refractivity contribution < 1.29 is 9.47 Å². The molecule has 14 heavy (non-hydrogen) atoms. The maximum absolute atomic E-state index is 5.59. The number of anilines is 1. The van der Waals surface area contributed by atoms with Gasteiger partial charge in [0, 0.05) is 0 Å². The van der Waals surface area contributed by atoms with Gasteiger partial charge in [0.1, 0.15) is 6.10 Å². The van der Waals surface area contributed by atoms with Gasteiger partial charge in [0.15, 0.2) is 11.6 Å². The predicted molar refractivity (Wildman–Crippen MR) is 50.3 cm³/mol. The van der Waals surface area contributed by atoms with E-state index in [1.54, 1.807) is 12.4 Å². The van der Waals surface area contributed by atoms with E-state index in [0.717, 1.165) is 0 Å². The van der Waals surface area contributed by atoms with E-state index in [1.165, 1.54) is 0 Å². The molecule has 0 radical (unpaired) electrons. The highest BCUT2D eigenvalue weighted by atomic mass is 16.7. The summed E-state index contributed by atoms with van der Waals surface area (Å²) < 4.78 is 11.0. The van der Waals surface area contributed by atoms with Crippen LogP contribution in [0.5, 0.6) is 0 Å². The van der Waals surface area contributed by atoms with Crippen molar-refractivity contribution in [1.29, 1.82) is 0 Å². The predicted octanol–water partition coefficient (Wildman–Crippen LogP) is 0.883. The minimum absolute atomic E-state index is 0.189. The minimum Gasteiger partial charge on any atom is -0.396 e. The molecule has 2 N–H and O–H groups in total. The summed E-state index contributed by atoms with van der Waals surface area (Å²) in [6, 6.07) is 0. The van der Waals surface area contributed by atoms with E-state index in [-0.39, 0.29) is 6.10 Å². The number of hydrogen-bond donors (Lipinski definition) is 1. The van der Waals surface area contributed by atoms with Crippen molar-refractivity contribution in [2.75, 3.05) is 12.3 Å². The normalized spacial score (nSPS) is 25.1. The van der Waals surface area contributed by atoms with Crippen LogP contribution in [-0.4, -0.2) is 22.4 Å². The van der Waals surface area contributed by atoms with Gasteiger partial charge in [-0.2, -0.15) is 0 Å². The van der Waals surface area contributed by atoms with Crippen LogP contribution in [0, 0.1) is 0 Å². The third kappa shape index (κ3) is 1.83. The fourth-order valence-corrected chi connectivity index (χ4v) is 1.33. The van der Waals surface area contributed by atoms with E-state index in [2.05, 4.69) is 9.97 Å². The zero-order valence-electron chi connectivity index (χ0n) is 8.23. The summed E-state index contributed by atoms with van der Waals surface area (Å²) in [6.07, 6.45) is 2.94. The molecule has 1 aromatic rings. The van der Waals surface area contributed by atoms with E-state index in [1.807, 2.05) is 13.8 Å². The van der Waals surface area contributed by atoms with E-state index in [0.29, 0.717) is 18.1 Å². The van der Waals surface area contributed by atoms with Crippen LogP contribution in [0.15, 0.2) is 12.4 Å². The molecule has 0 amide bonds. The fraction of sp³-hybridized carbons (Fsp3) is 0.556. The van der Waals surface area contributed by atoms with Crippen molar-refractivity contribution >= 4 is 5.69 Å². The van der Waals surface area contributed by atoms with E-state index < -0.39 is 5.79 Å². The Morgan fingerprint density at radius 3 is 2.57 bits per heavy atom. The molecule has 0 bridgehead atoms. The van der Waals surface area contributed by atoms with Crippen LogP contribution in [0.25, 0.3) is 0 Å². The first-order chi connectivity index (χ1) is 6.57. The molecule has 76 valence electrons. The fourth-order valence-electron chi connectivity index (χ4n) is 1.33. The van der Waals surface area contributed by atoms with Gasteiger partial charge >= 0.3 is 0 Å². The summed E-state index contributed by atoms with van der Waals surface area (Å²) in [4.78, 5) is 8.17. The lowest BCUT2D eigenvalue weighted by molar-refractivity contribution is -0.139. The molecular formula is C9H13N3O2. The molecule has 5 nitrogen and oxygen atoms in total. The van der Waals surface area contributed by atoms with Crippen LogP contribution >= 0.6 is 0 Å². The molecule has 1 saturated heterocycles. The lowest BCUT2D eigenvalue weighted by Gasteiger charge is -2.16. The molecule has 1 fully saturated rings. The molecule has 2 rings (SSSR count). The van der Waals surface area contributed by atoms with E-state index in [4.69, 9.17) is 15.2 Å². The first-order valence-electron chi connectivity index (χ1n) is 4.46. The highest BCUT2D eigenvalue weighted by Crippen LogP contribution is 2.30. The molecule has 0 aromatic carbocycles. The average molecular weight is 195 g/mol. The zero-order valence-corrected chi connectivity index (χ0v) is 8.23. The zero-order chi connectivity index (χ0) is 10.2. The Hall–Kier alpha value is -1.20. The number of aromatic nitrogens is 2. The smallest absolute Gasteiger partial charge is 0.164 e. The largest absolute Gasteiger partial charge is 0.396 e. The van der Waals surface area contributed by atoms with Crippen LogP contribution in [-0.2, 0) is 9.47 Å². The maximum atomic E-state index is 5.59. The molecule has 0 aliphatic carbocycles. The van der Waals surface area contributed by atoms with Crippen LogP contribution in [0.4, 0.5) is 5.69 Å². The molecule has 5 heteroatoms. The quantitative estimate of drug-likeness (QED) is 0.720. The van der Waals surface area contributed by atoms with Crippen LogP contribution in [0.2, 0.25) is 0 Å². The summed E-state index contributed by atoms with van der Waals surface area (Å²) >= 11 is 0. The van der Waals surface area contributed by atoms with Gasteiger partial charge in [0.25, 0.3) is 0 Å². The Kier molecular flexibility index (Phi) is 2.13. The number of nitrogens with two attached hydrogens (primary N) is 1. The monoisotopic (exact) mass is 195 g/mol. The summed E-state index contributed by atoms with van der Waals surface area (Å²) in [7, 11) is 0. The molecule has 0 spiro atoms. The summed E-state index contributed by atoms with van der Waals surface area (Å²) in [6.45, 7) is 4.21. The van der Waals surface area contributed by atoms with Crippen LogP contribution in [0.3, 0.4) is 0 Å². The SMILES string of the molecule is CC1(C)OC[C@@H](c2ncc(N)cn2)O1. The highest BCUT2D eigenvalue weighted by molar-refractivity contribution is 5.30.